The van der Waals surface area contributed by atoms with E-state index in [1.807, 2.05) is 0 Å². The maximum atomic E-state index is 8.67. The van der Waals surface area contributed by atoms with Gasteiger partial charge in [-0.05, 0) is 25.2 Å². The molecule has 1 aliphatic rings. The zero-order valence-corrected chi connectivity index (χ0v) is 7.45. The van der Waals surface area contributed by atoms with Crippen molar-refractivity contribution >= 4 is 9.39 Å². The second kappa shape index (κ2) is 4.27. The fourth-order valence-corrected chi connectivity index (χ4v) is 1.72. The summed E-state index contributed by atoms with van der Waals surface area (Å²) in [5, 5.41) is 8.67. The van der Waals surface area contributed by atoms with E-state index in [2.05, 4.69) is 14.1 Å². The van der Waals surface area contributed by atoms with Crippen LogP contribution in [-0.4, -0.2) is 29.5 Å². The molecule has 0 aromatic heterocycles. The highest BCUT2D eigenvalue weighted by Crippen LogP contribution is 2.21. The first kappa shape index (κ1) is 8.45. The van der Waals surface area contributed by atoms with E-state index < -0.39 is 0 Å². The molecule has 1 rings (SSSR count). The molecule has 0 aliphatic carbocycles. The van der Waals surface area contributed by atoms with Crippen molar-refractivity contribution in [1.82, 2.24) is 4.67 Å². The summed E-state index contributed by atoms with van der Waals surface area (Å²) < 4.78 is 2.27. The van der Waals surface area contributed by atoms with Crippen LogP contribution in [0.3, 0.4) is 0 Å². The second-order valence-corrected chi connectivity index (χ2v) is 3.72. The van der Waals surface area contributed by atoms with Crippen LogP contribution in [0, 0.1) is 5.92 Å². The van der Waals surface area contributed by atoms with Gasteiger partial charge in [-0.3, -0.25) is 4.67 Å². The smallest absolute Gasteiger partial charge is 0.0433 e. The largest absolute Gasteiger partial charge is 0.396 e. The molecule has 0 aromatic rings. The molecular formula is C7H16NOP. The molecule has 0 radical (unpaired) electrons. The molecule has 60 valence electrons. The van der Waals surface area contributed by atoms with E-state index in [-0.39, 0.29) is 0 Å². The lowest BCUT2D eigenvalue weighted by Crippen LogP contribution is -2.26. The molecule has 0 bridgehead atoms. The van der Waals surface area contributed by atoms with Gasteiger partial charge in [-0.1, -0.05) is 9.39 Å². The Labute approximate surface area is 64.9 Å². The van der Waals surface area contributed by atoms with Crippen LogP contribution in [0.5, 0.6) is 0 Å². The maximum Gasteiger partial charge on any atom is 0.0433 e. The van der Waals surface area contributed by atoms with Gasteiger partial charge in [-0.15, -0.1) is 0 Å². The van der Waals surface area contributed by atoms with Gasteiger partial charge in [0.2, 0.25) is 0 Å². The van der Waals surface area contributed by atoms with Gasteiger partial charge in [0.15, 0.2) is 0 Å². The first-order chi connectivity index (χ1) is 4.83. The fourth-order valence-electron chi connectivity index (χ4n) is 1.42. The van der Waals surface area contributed by atoms with E-state index in [1.165, 1.54) is 25.9 Å². The Morgan fingerprint density at radius 2 is 2.00 bits per heavy atom. The van der Waals surface area contributed by atoms with Gasteiger partial charge < -0.3 is 5.11 Å². The molecule has 1 atom stereocenters. The number of rotatable bonds is 2. The average molecular weight is 161 g/mol. The van der Waals surface area contributed by atoms with Gasteiger partial charge in [-0.2, -0.15) is 0 Å². The third-order valence-electron chi connectivity index (χ3n) is 2.19. The lowest BCUT2D eigenvalue weighted by atomic mass is 9.95. The number of piperidine rings is 1. The first-order valence-electron chi connectivity index (χ1n) is 3.93. The van der Waals surface area contributed by atoms with Gasteiger partial charge in [0.25, 0.3) is 0 Å². The van der Waals surface area contributed by atoms with E-state index in [9.17, 15) is 0 Å². The Kier molecular flexibility index (Phi) is 3.61. The summed E-state index contributed by atoms with van der Waals surface area (Å²) in [5.41, 5.74) is 0. The van der Waals surface area contributed by atoms with Crippen molar-refractivity contribution in [2.45, 2.75) is 19.3 Å². The van der Waals surface area contributed by atoms with Crippen LogP contribution in [-0.2, 0) is 0 Å². The predicted molar refractivity (Wildman–Crippen MR) is 45.7 cm³/mol. The zero-order chi connectivity index (χ0) is 7.40. The molecule has 0 amide bonds. The van der Waals surface area contributed by atoms with Crippen LogP contribution in [0.2, 0.25) is 0 Å². The Morgan fingerprint density at radius 1 is 1.40 bits per heavy atom. The highest BCUT2D eigenvalue weighted by atomic mass is 31.0. The molecular weight excluding hydrogens is 145 g/mol. The summed E-state index contributed by atoms with van der Waals surface area (Å²) in [6.45, 7) is 2.71. The number of aliphatic hydroxyl groups excluding tert-OH is 1. The third kappa shape index (κ3) is 2.53. The molecule has 1 unspecified atom stereocenters. The molecule has 0 saturated carbocycles. The highest BCUT2D eigenvalue weighted by Gasteiger charge is 2.15. The normalized spacial score (nSPS) is 23.4. The summed E-state index contributed by atoms with van der Waals surface area (Å²) in [6, 6.07) is 0. The highest BCUT2D eigenvalue weighted by molar-refractivity contribution is 7.13. The fraction of sp³-hybridized carbons (Fsp3) is 1.00. The Bertz CT molecular complexity index is 91.6. The SMILES string of the molecule is OCCC1CCN(P)CC1. The molecule has 1 heterocycles. The minimum absolute atomic E-state index is 0.363. The van der Waals surface area contributed by atoms with Crippen molar-refractivity contribution in [1.29, 1.82) is 0 Å². The summed E-state index contributed by atoms with van der Waals surface area (Å²) in [6.07, 6.45) is 3.51. The zero-order valence-electron chi connectivity index (χ0n) is 6.29. The Morgan fingerprint density at radius 3 is 2.50 bits per heavy atom. The maximum absolute atomic E-state index is 8.67. The van der Waals surface area contributed by atoms with Gasteiger partial charge in [0.05, 0.1) is 0 Å². The van der Waals surface area contributed by atoms with Gasteiger partial charge in [0.1, 0.15) is 0 Å². The first-order valence-corrected chi connectivity index (χ1v) is 4.45. The predicted octanol–water partition coefficient (Wildman–Crippen LogP) is 0.871. The van der Waals surface area contributed by atoms with Crippen molar-refractivity contribution in [2.75, 3.05) is 19.7 Å². The van der Waals surface area contributed by atoms with Crippen LogP contribution < -0.4 is 0 Å². The molecule has 0 aromatic carbocycles. The molecule has 0 spiro atoms. The van der Waals surface area contributed by atoms with E-state index in [4.69, 9.17) is 5.11 Å². The molecule has 1 saturated heterocycles. The molecule has 10 heavy (non-hydrogen) atoms. The van der Waals surface area contributed by atoms with Gasteiger partial charge in [-0.25, -0.2) is 0 Å². The van der Waals surface area contributed by atoms with Crippen molar-refractivity contribution < 1.29 is 5.11 Å². The Balaban J connectivity index is 2.13. The Hall–Kier alpha value is 0.350. The minimum atomic E-state index is 0.363. The van der Waals surface area contributed by atoms with Crippen LogP contribution in [0.4, 0.5) is 0 Å². The van der Waals surface area contributed by atoms with Crippen LogP contribution >= 0.6 is 9.39 Å². The van der Waals surface area contributed by atoms with Gasteiger partial charge >= 0.3 is 0 Å². The van der Waals surface area contributed by atoms with Crippen molar-refractivity contribution in [3.05, 3.63) is 0 Å². The summed E-state index contributed by atoms with van der Waals surface area (Å²) in [5.74, 6) is 0.779. The number of nitrogens with zero attached hydrogens (tertiary/aromatic N) is 1. The molecule has 3 heteroatoms. The number of hydrogen-bond acceptors (Lipinski definition) is 2. The van der Waals surface area contributed by atoms with Crippen LogP contribution in [0.25, 0.3) is 0 Å². The average Bonchev–Trinajstić information content (AvgIpc) is 1.95. The van der Waals surface area contributed by atoms with E-state index in [0.29, 0.717) is 6.61 Å². The summed E-state index contributed by atoms with van der Waals surface area (Å²) in [4.78, 5) is 0. The third-order valence-corrected chi connectivity index (χ3v) is 2.70. The summed E-state index contributed by atoms with van der Waals surface area (Å²) >= 11 is 0. The van der Waals surface area contributed by atoms with Crippen LogP contribution in [0.15, 0.2) is 0 Å². The molecule has 2 nitrogen and oxygen atoms in total. The van der Waals surface area contributed by atoms with Crippen molar-refractivity contribution in [3.63, 3.8) is 0 Å². The summed E-state index contributed by atoms with van der Waals surface area (Å²) in [7, 11) is 2.73. The minimum Gasteiger partial charge on any atom is -0.396 e. The van der Waals surface area contributed by atoms with Crippen molar-refractivity contribution in [2.24, 2.45) is 5.92 Å². The lowest BCUT2D eigenvalue weighted by Gasteiger charge is -2.27. The quantitative estimate of drug-likeness (QED) is 0.607. The topological polar surface area (TPSA) is 23.5 Å². The second-order valence-electron chi connectivity index (χ2n) is 2.99. The number of aliphatic hydroxyl groups is 1. The van der Waals surface area contributed by atoms with Gasteiger partial charge in [0, 0.05) is 19.7 Å². The van der Waals surface area contributed by atoms with Crippen LogP contribution in [0.1, 0.15) is 19.3 Å². The van der Waals surface area contributed by atoms with Crippen molar-refractivity contribution in [3.8, 4) is 0 Å². The molecule has 1 aliphatic heterocycles. The number of hydrogen-bond donors (Lipinski definition) is 1. The molecule has 1 fully saturated rings. The molecule has 1 N–H and O–H groups in total. The monoisotopic (exact) mass is 161 g/mol. The standard InChI is InChI=1S/C7H16NOP/c9-6-3-7-1-4-8(10)5-2-7/h7,9H,1-6,10H2. The van der Waals surface area contributed by atoms with E-state index in [0.717, 1.165) is 12.3 Å². The van der Waals surface area contributed by atoms with E-state index in [1.54, 1.807) is 0 Å². The lowest BCUT2D eigenvalue weighted by molar-refractivity contribution is 0.213. The van der Waals surface area contributed by atoms with E-state index >= 15 is 0 Å².